The molecule has 0 saturated carbocycles. The predicted octanol–water partition coefficient (Wildman–Crippen LogP) is 3.52. The van der Waals surface area contributed by atoms with E-state index in [1.54, 1.807) is 6.08 Å². The summed E-state index contributed by atoms with van der Waals surface area (Å²) in [5.74, 6) is -3.53. The second-order valence-electron chi connectivity index (χ2n) is 5.28. The maximum atomic E-state index is 12.0. The smallest absolute Gasteiger partial charge is 0.339 e. The largest absolute Gasteiger partial charge is 0.498 e. The standard InChI is InChI=1S/C19H22O7/c1-2-3-4-5-6-7-10-25-11-12-26-19(24)16-13-14(17(20)21)8-9-15(16)18(22)23/h5-10,13H,2-4,11-12H2,1H3,(H,20,21)(H,22,23). The Kier molecular flexibility index (Phi) is 9.24. The summed E-state index contributed by atoms with van der Waals surface area (Å²) in [4.78, 5) is 34.1. The number of ether oxygens (including phenoxy) is 2. The molecule has 0 aromatic heterocycles. The van der Waals surface area contributed by atoms with Gasteiger partial charge in [-0.25, -0.2) is 14.4 Å². The molecule has 0 aliphatic heterocycles. The molecule has 140 valence electrons. The van der Waals surface area contributed by atoms with Gasteiger partial charge in [0.15, 0.2) is 0 Å². The zero-order valence-electron chi connectivity index (χ0n) is 14.5. The molecule has 0 heterocycles. The number of carboxylic acids is 2. The summed E-state index contributed by atoms with van der Waals surface area (Å²) in [6, 6.07) is 3.16. The summed E-state index contributed by atoms with van der Waals surface area (Å²) in [7, 11) is 0. The number of unbranched alkanes of at least 4 members (excludes halogenated alkanes) is 2. The van der Waals surface area contributed by atoms with Crippen LogP contribution in [0, 0.1) is 0 Å². The summed E-state index contributed by atoms with van der Waals surface area (Å²) >= 11 is 0. The molecule has 7 nitrogen and oxygen atoms in total. The highest BCUT2D eigenvalue weighted by molar-refractivity contribution is 6.04. The number of benzene rings is 1. The van der Waals surface area contributed by atoms with E-state index in [2.05, 4.69) is 6.92 Å². The minimum absolute atomic E-state index is 0.0894. The van der Waals surface area contributed by atoms with Crippen molar-refractivity contribution in [2.24, 2.45) is 0 Å². The molecule has 0 radical (unpaired) electrons. The summed E-state index contributed by atoms with van der Waals surface area (Å²) in [6.45, 7) is 2.11. The van der Waals surface area contributed by atoms with Gasteiger partial charge in [0.2, 0.25) is 0 Å². The summed E-state index contributed by atoms with van der Waals surface area (Å²) in [6.07, 6.45) is 10.3. The molecular weight excluding hydrogens is 340 g/mol. The fourth-order valence-corrected chi connectivity index (χ4v) is 1.96. The Morgan fingerprint density at radius 1 is 1.04 bits per heavy atom. The van der Waals surface area contributed by atoms with E-state index >= 15 is 0 Å². The van der Waals surface area contributed by atoms with Crippen molar-refractivity contribution >= 4 is 17.9 Å². The van der Waals surface area contributed by atoms with Crippen LogP contribution in [0.15, 0.2) is 42.7 Å². The molecule has 0 saturated heterocycles. The van der Waals surface area contributed by atoms with Crippen molar-refractivity contribution in [2.75, 3.05) is 13.2 Å². The third-order valence-electron chi connectivity index (χ3n) is 3.30. The Morgan fingerprint density at radius 2 is 1.81 bits per heavy atom. The van der Waals surface area contributed by atoms with E-state index in [1.165, 1.54) is 6.26 Å². The Hall–Kier alpha value is -3.09. The van der Waals surface area contributed by atoms with Crippen molar-refractivity contribution in [3.63, 3.8) is 0 Å². The first-order valence-electron chi connectivity index (χ1n) is 8.18. The third-order valence-corrected chi connectivity index (χ3v) is 3.30. The fraction of sp³-hybridized carbons (Fsp3) is 0.316. The number of hydrogen-bond acceptors (Lipinski definition) is 5. The second kappa shape index (κ2) is 11.5. The minimum atomic E-state index is -1.34. The highest BCUT2D eigenvalue weighted by Gasteiger charge is 2.20. The first kappa shape index (κ1) is 21.0. The number of carbonyl (C=O) groups excluding carboxylic acids is 1. The topological polar surface area (TPSA) is 110 Å². The van der Waals surface area contributed by atoms with Crippen LogP contribution in [-0.2, 0) is 9.47 Å². The summed E-state index contributed by atoms with van der Waals surface area (Å²) in [5.41, 5.74) is -0.833. The number of rotatable bonds is 11. The van der Waals surface area contributed by atoms with Gasteiger partial charge in [-0.3, -0.25) is 0 Å². The molecule has 0 aliphatic carbocycles. The van der Waals surface area contributed by atoms with Gasteiger partial charge in [-0.15, -0.1) is 0 Å². The molecule has 1 aromatic carbocycles. The SMILES string of the molecule is CCCCC=CC=COCCOC(=O)c1cc(C(=O)O)ccc1C(=O)O. The molecule has 0 bridgehead atoms. The summed E-state index contributed by atoms with van der Waals surface area (Å²) < 4.78 is 10.1. The molecule has 0 unspecified atom stereocenters. The predicted molar refractivity (Wildman–Crippen MR) is 94.4 cm³/mol. The van der Waals surface area contributed by atoms with E-state index in [0.717, 1.165) is 37.5 Å². The van der Waals surface area contributed by atoms with Crippen LogP contribution in [0.25, 0.3) is 0 Å². The van der Waals surface area contributed by atoms with Crippen LogP contribution in [0.2, 0.25) is 0 Å². The van der Waals surface area contributed by atoms with E-state index < -0.39 is 17.9 Å². The molecule has 1 aromatic rings. The van der Waals surface area contributed by atoms with Crippen LogP contribution in [0.5, 0.6) is 0 Å². The lowest BCUT2D eigenvalue weighted by atomic mass is 10.0. The molecule has 26 heavy (non-hydrogen) atoms. The number of carboxylic acid groups (broad SMARTS) is 2. The maximum absolute atomic E-state index is 12.0. The van der Waals surface area contributed by atoms with Crippen molar-refractivity contribution < 1.29 is 34.1 Å². The molecule has 7 heteroatoms. The van der Waals surface area contributed by atoms with E-state index in [4.69, 9.17) is 19.7 Å². The van der Waals surface area contributed by atoms with Crippen LogP contribution >= 0.6 is 0 Å². The van der Waals surface area contributed by atoms with Crippen molar-refractivity contribution in [2.45, 2.75) is 26.2 Å². The van der Waals surface area contributed by atoms with Crippen LogP contribution < -0.4 is 0 Å². The molecule has 0 atom stereocenters. The van der Waals surface area contributed by atoms with Gasteiger partial charge >= 0.3 is 17.9 Å². The van der Waals surface area contributed by atoms with Crippen molar-refractivity contribution in [3.05, 3.63) is 59.4 Å². The first-order valence-corrected chi connectivity index (χ1v) is 8.18. The van der Waals surface area contributed by atoms with E-state index in [1.807, 2.05) is 12.2 Å². The van der Waals surface area contributed by atoms with Gasteiger partial charge < -0.3 is 19.7 Å². The maximum Gasteiger partial charge on any atom is 0.339 e. The molecule has 0 spiro atoms. The number of allylic oxidation sites excluding steroid dienone is 3. The molecular formula is C19H22O7. The highest BCUT2D eigenvalue weighted by Crippen LogP contribution is 2.14. The first-order chi connectivity index (χ1) is 12.5. The van der Waals surface area contributed by atoms with E-state index in [0.29, 0.717) is 0 Å². The minimum Gasteiger partial charge on any atom is -0.498 e. The van der Waals surface area contributed by atoms with Crippen molar-refractivity contribution in [1.29, 1.82) is 0 Å². The molecule has 0 amide bonds. The molecule has 1 rings (SSSR count). The highest BCUT2D eigenvalue weighted by atomic mass is 16.6. The zero-order chi connectivity index (χ0) is 19.4. The monoisotopic (exact) mass is 362 g/mol. The quantitative estimate of drug-likeness (QED) is 0.268. The Labute approximate surface area is 151 Å². The normalized spacial score (nSPS) is 11.0. The van der Waals surface area contributed by atoms with Crippen LogP contribution in [0.4, 0.5) is 0 Å². The van der Waals surface area contributed by atoms with Crippen LogP contribution in [0.1, 0.15) is 57.3 Å². The Balaban J connectivity index is 2.51. The Morgan fingerprint density at radius 3 is 2.46 bits per heavy atom. The summed E-state index contributed by atoms with van der Waals surface area (Å²) in [5, 5.41) is 18.0. The lowest BCUT2D eigenvalue weighted by molar-refractivity contribution is 0.0413. The zero-order valence-corrected chi connectivity index (χ0v) is 14.5. The van der Waals surface area contributed by atoms with Gasteiger partial charge in [0.1, 0.15) is 13.2 Å². The van der Waals surface area contributed by atoms with Crippen LogP contribution in [0.3, 0.4) is 0 Å². The van der Waals surface area contributed by atoms with E-state index in [9.17, 15) is 14.4 Å². The number of aromatic carboxylic acids is 2. The van der Waals surface area contributed by atoms with Crippen molar-refractivity contribution in [1.82, 2.24) is 0 Å². The average molecular weight is 362 g/mol. The van der Waals surface area contributed by atoms with Gasteiger partial charge in [0, 0.05) is 0 Å². The average Bonchev–Trinajstić information content (AvgIpc) is 2.62. The number of carbonyl (C=O) groups is 3. The fourth-order valence-electron chi connectivity index (χ4n) is 1.96. The third kappa shape index (κ3) is 7.21. The number of hydrogen-bond donors (Lipinski definition) is 2. The lowest BCUT2D eigenvalue weighted by Crippen LogP contribution is -2.15. The van der Waals surface area contributed by atoms with Gasteiger partial charge in [0.05, 0.1) is 23.0 Å². The number of esters is 1. The Bertz CT molecular complexity index is 689. The van der Waals surface area contributed by atoms with Gasteiger partial charge in [-0.2, -0.15) is 0 Å². The second-order valence-corrected chi connectivity index (χ2v) is 5.28. The van der Waals surface area contributed by atoms with Crippen LogP contribution in [-0.4, -0.2) is 41.3 Å². The molecule has 0 fully saturated rings. The molecule has 2 N–H and O–H groups in total. The lowest BCUT2D eigenvalue weighted by Gasteiger charge is -2.08. The van der Waals surface area contributed by atoms with Crippen molar-refractivity contribution in [3.8, 4) is 0 Å². The van der Waals surface area contributed by atoms with E-state index in [-0.39, 0.29) is 29.9 Å². The van der Waals surface area contributed by atoms with Gasteiger partial charge in [0.25, 0.3) is 0 Å². The van der Waals surface area contributed by atoms with Gasteiger partial charge in [-0.05, 0) is 30.7 Å². The van der Waals surface area contributed by atoms with Gasteiger partial charge in [-0.1, -0.05) is 31.9 Å². The molecule has 0 aliphatic rings.